The maximum Gasteiger partial charge on any atom is 0.270 e. The Hall–Kier alpha value is -6.79. The van der Waals surface area contributed by atoms with Crippen LogP contribution in [0, 0.1) is 82.8 Å². The average Bonchev–Trinajstić information content (AvgIpc) is 3.51. The molecule has 43 heavy (non-hydrogen) atoms. The van der Waals surface area contributed by atoms with E-state index in [0.717, 1.165) is 24.3 Å². The number of hydrogen-bond acceptors (Lipinski definition) is 3. The van der Waals surface area contributed by atoms with Crippen LogP contribution in [0.5, 0.6) is 0 Å². The lowest BCUT2D eigenvalue weighted by atomic mass is 9.90. The first-order valence-corrected chi connectivity index (χ1v) is 11.8. The molecule has 0 atom stereocenters. The van der Waals surface area contributed by atoms with Crippen LogP contribution in [0.4, 0.5) is 22.0 Å². The zero-order valence-corrected chi connectivity index (χ0v) is 21.1. The first-order chi connectivity index (χ1) is 20.7. The van der Waals surface area contributed by atoms with Gasteiger partial charge >= 0.3 is 0 Å². The van der Waals surface area contributed by atoms with Crippen LogP contribution >= 0.6 is 0 Å². The number of fused-ring (bicyclic) bond motifs is 2. The molecule has 0 radical (unpaired) electrons. The van der Waals surface area contributed by atoms with E-state index in [-0.39, 0.29) is 44.5 Å². The Kier molecular flexibility index (Phi) is 6.66. The second-order valence-electron chi connectivity index (χ2n) is 8.89. The molecule has 0 saturated carbocycles. The Balaban J connectivity index is 1.99. The van der Waals surface area contributed by atoms with Gasteiger partial charge in [-0.25, -0.2) is 47.0 Å². The van der Waals surface area contributed by atoms with E-state index in [1.165, 1.54) is 6.07 Å². The first kappa shape index (κ1) is 27.8. The third-order valence-electron chi connectivity index (χ3n) is 6.83. The van der Waals surface area contributed by atoms with Crippen molar-refractivity contribution in [2.75, 3.05) is 0 Å². The number of nitrogens with zero attached hydrogens (tertiary/aromatic N) is 6. The molecule has 0 aromatic heterocycles. The van der Waals surface area contributed by atoms with Crippen LogP contribution in [-0.4, -0.2) is 0 Å². The molecule has 200 valence electrons. The molecule has 0 aliphatic heterocycles. The summed E-state index contributed by atoms with van der Waals surface area (Å²) in [5, 5.41) is 29.7. The van der Waals surface area contributed by atoms with E-state index in [1.54, 1.807) is 18.2 Å². The van der Waals surface area contributed by atoms with Gasteiger partial charge in [-0.1, -0.05) is 12.1 Å². The summed E-state index contributed by atoms with van der Waals surface area (Å²) in [6.07, 6.45) is 0. The topological polar surface area (TPSA) is 84.5 Å². The van der Waals surface area contributed by atoms with Crippen molar-refractivity contribution >= 4 is 33.6 Å². The average molecular weight is 570 g/mol. The van der Waals surface area contributed by atoms with Gasteiger partial charge in [-0.05, 0) is 69.3 Å². The maximum atomic E-state index is 16.7. The molecule has 2 aliphatic carbocycles. The lowest BCUT2D eigenvalue weighted by molar-refractivity contribution is 0.508. The smallest absolute Gasteiger partial charge is 0.237 e. The molecule has 0 unspecified atom stereocenters. The summed E-state index contributed by atoms with van der Waals surface area (Å²) in [4.78, 5) is 9.75. The number of hydrogen-bond donors (Lipinski definition) is 0. The number of nitriles is 3. The molecule has 0 bridgehead atoms. The molecule has 0 amide bonds. The highest BCUT2D eigenvalue weighted by molar-refractivity contribution is 6.29. The fourth-order valence-electron chi connectivity index (χ4n) is 5.15. The van der Waals surface area contributed by atoms with E-state index in [0.29, 0.717) is 12.1 Å². The van der Waals surface area contributed by atoms with Crippen molar-refractivity contribution in [2.45, 2.75) is 0 Å². The highest BCUT2D eigenvalue weighted by Gasteiger charge is 2.40. The molecule has 0 N–H and O–H groups in total. The van der Waals surface area contributed by atoms with Crippen LogP contribution in [0.3, 0.4) is 0 Å². The highest BCUT2D eigenvalue weighted by atomic mass is 19.2. The van der Waals surface area contributed by atoms with Crippen LogP contribution in [0.15, 0.2) is 53.9 Å². The largest absolute Gasteiger partial charge is 0.270 e. The number of rotatable bonds is 2. The van der Waals surface area contributed by atoms with Gasteiger partial charge in [0.25, 0.3) is 11.4 Å². The van der Waals surface area contributed by atoms with Crippen molar-refractivity contribution < 1.29 is 22.0 Å². The summed E-state index contributed by atoms with van der Waals surface area (Å²) in [6.45, 7) is 22.9. The van der Waals surface area contributed by atoms with Crippen molar-refractivity contribution in [3.05, 3.63) is 151 Å². The fourth-order valence-corrected chi connectivity index (χ4v) is 5.15. The minimum atomic E-state index is -1.32. The van der Waals surface area contributed by atoms with E-state index in [4.69, 9.17) is 19.7 Å². The van der Waals surface area contributed by atoms with Crippen molar-refractivity contribution in [3.63, 3.8) is 0 Å². The molecule has 5 rings (SSSR count). The molecular weight excluding hydrogens is 563 g/mol. The van der Waals surface area contributed by atoms with Crippen molar-refractivity contribution in [1.29, 1.82) is 15.8 Å². The monoisotopic (exact) mass is 570 g/mol. The fraction of sp³-hybridized carbons (Fsp3) is 0. The summed E-state index contributed by atoms with van der Waals surface area (Å²) < 4.78 is 72.8. The Morgan fingerprint density at radius 3 is 1.56 bits per heavy atom. The summed E-state index contributed by atoms with van der Waals surface area (Å²) in [7, 11) is 0. The van der Waals surface area contributed by atoms with E-state index in [2.05, 4.69) is 14.5 Å². The van der Waals surface area contributed by atoms with Gasteiger partial charge in [0.15, 0.2) is 23.3 Å². The highest BCUT2D eigenvalue weighted by Crippen LogP contribution is 2.56. The van der Waals surface area contributed by atoms with Gasteiger partial charge in [-0.3, -0.25) is 0 Å². The SMILES string of the molecule is [C-]#[N+]C1=C(c2ccc(F)c(F)c2)/C(=C(/C#N)[N+]#[C-])c2cc3c(c(F)c21)C(C#N)=C(c1ccc(F)c(F)c1)/C3=C(\C#N)[N+]#[C-]. The Labute approximate surface area is 240 Å². The van der Waals surface area contributed by atoms with Crippen molar-refractivity contribution in [1.82, 2.24) is 0 Å². The molecule has 11 heteroatoms. The molecular formula is C32H7F5N6. The molecule has 0 saturated heterocycles. The molecule has 6 nitrogen and oxygen atoms in total. The van der Waals surface area contributed by atoms with E-state index in [9.17, 15) is 33.3 Å². The summed E-state index contributed by atoms with van der Waals surface area (Å²) in [5.41, 5.74) is -5.03. The lowest BCUT2D eigenvalue weighted by Crippen LogP contribution is -1.99. The molecule has 0 heterocycles. The Bertz CT molecular complexity index is 2060. The van der Waals surface area contributed by atoms with Crippen LogP contribution < -0.4 is 0 Å². The summed E-state index contributed by atoms with van der Waals surface area (Å²) in [6, 6.07) is 11.4. The standard InChI is InChI=1S/C32H7F5N6/c1-41-23(12-39)28-16-10-17-29(24(13-40)42-2)26(15-5-7-20(34)22(36)9-15)32(43-3)30(17)31(37)27(16)18(11-38)25(28)14-4-6-19(33)21(35)8-14/h4-10H/b28-23+,29-24-. The van der Waals surface area contributed by atoms with Gasteiger partial charge in [-0.2, -0.15) is 5.26 Å². The number of allylic oxidation sites excluding steroid dienone is 7. The molecule has 0 spiro atoms. The summed E-state index contributed by atoms with van der Waals surface area (Å²) in [5.74, 6) is -6.31. The lowest BCUT2D eigenvalue weighted by Gasteiger charge is -2.13. The van der Waals surface area contributed by atoms with Crippen LogP contribution in [0.2, 0.25) is 0 Å². The van der Waals surface area contributed by atoms with Crippen LogP contribution in [-0.2, 0) is 0 Å². The van der Waals surface area contributed by atoms with E-state index in [1.807, 2.05) is 0 Å². The third-order valence-corrected chi connectivity index (χ3v) is 6.83. The van der Waals surface area contributed by atoms with E-state index < -0.39 is 62.9 Å². The zero-order chi connectivity index (χ0) is 31.2. The Morgan fingerprint density at radius 1 is 0.628 bits per heavy atom. The third kappa shape index (κ3) is 3.95. The predicted octanol–water partition coefficient (Wildman–Crippen LogP) is 7.94. The Morgan fingerprint density at radius 2 is 1.12 bits per heavy atom. The van der Waals surface area contributed by atoms with Gasteiger partial charge in [-0.15, -0.1) is 0 Å². The van der Waals surface area contributed by atoms with Crippen LogP contribution in [0.25, 0.3) is 48.1 Å². The van der Waals surface area contributed by atoms with Gasteiger partial charge < -0.3 is 0 Å². The molecule has 0 fully saturated rings. The molecule has 3 aromatic carbocycles. The normalized spacial score (nSPS) is 15.3. The quantitative estimate of drug-likeness (QED) is 0.178. The summed E-state index contributed by atoms with van der Waals surface area (Å²) >= 11 is 0. The minimum Gasteiger partial charge on any atom is -0.237 e. The van der Waals surface area contributed by atoms with Crippen LogP contribution in [0.1, 0.15) is 33.4 Å². The second kappa shape index (κ2) is 10.3. The van der Waals surface area contributed by atoms with Crippen molar-refractivity contribution in [3.8, 4) is 18.2 Å². The minimum absolute atomic E-state index is 0.153. The molecule has 2 aliphatic rings. The first-order valence-electron chi connectivity index (χ1n) is 11.8. The zero-order valence-electron chi connectivity index (χ0n) is 21.1. The van der Waals surface area contributed by atoms with Gasteiger partial charge in [0.05, 0.1) is 37.4 Å². The second-order valence-corrected chi connectivity index (χ2v) is 8.89. The molecule has 3 aromatic rings. The predicted molar refractivity (Wildman–Crippen MR) is 143 cm³/mol. The van der Waals surface area contributed by atoms with Gasteiger partial charge in [0.1, 0.15) is 11.9 Å². The van der Waals surface area contributed by atoms with Gasteiger partial charge in [0.2, 0.25) is 5.70 Å². The number of benzene rings is 3. The van der Waals surface area contributed by atoms with Gasteiger partial charge in [0, 0.05) is 16.7 Å². The number of halogens is 5. The van der Waals surface area contributed by atoms with Crippen molar-refractivity contribution in [2.24, 2.45) is 0 Å². The maximum absolute atomic E-state index is 16.7. The van der Waals surface area contributed by atoms with E-state index >= 15 is 4.39 Å².